The van der Waals surface area contributed by atoms with E-state index in [2.05, 4.69) is 15.1 Å². The highest BCUT2D eigenvalue weighted by Crippen LogP contribution is 2.18. The van der Waals surface area contributed by atoms with Gasteiger partial charge in [-0.2, -0.15) is 16.3 Å². The minimum atomic E-state index is -0.0900. The van der Waals surface area contributed by atoms with Crippen molar-refractivity contribution in [1.82, 2.24) is 19.7 Å². The van der Waals surface area contributed by atoms with Crippen molar-refractivity contribution in [3.8, 4) is 11.4 Å². The zero-order valence-electron chi connectivity index (χ0n) is 11.0. The molecule has 0 fully saturated rings. The highest BCUT2D eigenvalue weighted by atomic mass is 32.1. The minimum absolute atomic E-state index is 0.0900. The molecule has 3 rings (SSSR count). The van der Waals surface area contributed by atoms with Gasteiger partial charge in [0.2, 0.25) is 11.7 Å². The number of aryl methyl sites for hydroxylation is 1. The predicted molar refractivity (Wildman–Crippen MR) is 74.7 cm³/mol. The lowest BCUT2D eigenvalue weighted by molar-refractivity contribution is 0.369. The number of hydrogen-bond acceptors (Lipinski definition) is 6. The Labute approximate surface area is 118 Å². The Balaban J connectivity index is 1.89. The third kappa shape index (κ3) is 2.27. The van der Waals surface area contributed by atoms with E-state index in [-0.39, 0.29) is 12.1 Å². The van der Waals surface area contributed by atoms with Gasteiger partial charge in [-0.25, -0.2) is 4.98 Å². The molecule has 102 valence electrons. The lowest BCUT2D eigenvalue weighted by Crippen LogP contribution is -2.24. The van der Waals surface area contributed by atoms with Gasteiger partial charge in [0.05, 0.1) is 6.33 Å². The number of nitrogens with zero attached hydrogens (tertiary/aromatic N) is 4. The van der Waals surface area contributed by atoms with Gasteiger partial charge >= 0.3 is 0 Å². The Morgan fingerprint density at radius 1 is 1.40 bits per heavy atom. The molecule has 0 spiro atoms. The first-order valence-corrected chi connectivity index (χ1v) is 6.97. The van der Waals surface area contributed by atoms with Crippen LogP contribution in [-0.2, 0) is 6.54 Å². The summed E-state index contributed by atoms with van der Waals surface area (Å²) in [5.41, 5.74) is 2.18. The zero-order valence-corrected chi connectivity index (χ0v) is 11.8. The van der Waals surface area contributed by atoms with Crippen molar-refractivity contribution in [3.05, 3.63) is 50.7 Å². The summed E-state index contributed by atoms with van der Waals surface area (Å²) in [7, 11) is 0. The summed E-state index contributed by atoms with van der Waals surface area (Å²) in [5.74, 6) is 0.921. The average Bonchev–Trinajstić information content (AvgIpc) is 3.10. The summed E-state index contributed by atoms with van der Waals surface area (Å²) >= 11 is 1.57. The Hall–Kier alpha value is -2.28. The lowest BCUT2D eigenvalue weighted by Gasteiger charge is -2.04. The van der Waals surface area contributed by atoms with E-state index >= 15 is 0 Å². The van der Waals surface area contributed by atoms with Gasteiger partial charge in [0, 0.05) is 22.2 Å². The summed E-state index contributed by atoms with van der Waals surface area (Å²) in [6.45, 7) is 3.79. The third-order valence-electron chi connectivity index (χ3n) is 3.07. The molecule has 20 heavy (non-hydrogen) atoms. The molecule has 0 bridgehead atoms. The zero-order chi connectivity index (χ0) is 14.1. The molecular formula is C13H12N4O2S. The second kappa shape index (κ2) is 5.01. The van der Waals surface area contributed by atoms with Crippen molar-refractivity contribution >= 4 is 11.3 Å². The normalized spacial score (nSPS) is 10.9. The third-order valence-corrected chi connectivity index (χ3v) is 3.75. The van der Waals surface area contributed by atoms with E-state index in [4.69, 9.17) is 4.52 Å². The fourth-order valence-corrected chi connectivity index (χ4v) is 2.40. The van der Waals surface area contributed by atoms with Crippen molar-refractivity contribution < 1.29 is 4.52 Å². The molecule has 0 N–H and O–H groups in total. The summed E-state index contributed by atoms with van der Waals surface area (Å²) in [6.07, 6.45) is 1.50. The molecule has 0 unspecified atom stereocenters. The van der Waals surface area contributed by atoms with Crippen LogP contribution >= 0.6 is 11.3 Å². The molecule has 0 aliphatic heterocycles. The van der Waals surface area contributed by atoms with Crippen LogP contribution in [0.5, 0.6) is 0 Å². The van der Waals surface area contributed by atoms with Crippen molar-refractivity contribution in [2.24, 2.45) is 0 Å². The maximum Gasteiger partial charge on any atom is 0.256 e. The first-order chi connectivity index (χ1) is 9.65. The fraction of sp³-hybridized carbons (Fsp3) is 0.231. The minimum Gasteiger partial charge on any atom is -0.337 e. The maximum atomic E-state index is 12.1. The van der Waals surface area contributed by atoms with E-state index in [0.717, 1.165) is 11.3 Å². The van der Waals surface area contributed by atoms with E-state index in [1.54, 1.807) is 18.3 Å². The Morgan fingerprint density at radius 3 is 3.00 bits per heavy atom. The molecule has 0 atom stereocenters. The van der Waals surface area contributed by atoms with Gasteiger partial charge in [-0.1, -0.05) is 5.16 Å². The molecule has 3 aromatic rings. The van der Waals surface area contributed by atoms with Crippen molar-refractivity contribution in [2.45, 2.75) is 20.4 Å². The van der Waals surface area contributed by atoms with Crippen LogP contribution in [0.4, 0.5) is 0 Å². The smallest absolute Gasteiger partial charge is 0.256 e. The highest BCUT2D eigenvalue weighted by Gasteiger charge is 2.11. The first kappa shape index (κ1) is 12.7. The van der Waals surface area contributed by atoms with Crippen molar-refractivity contribution in [1.29, 1.82) is 0 Å². The molecule has 3 heterocycles. The lowest BCUT2D eigenvalue weighted by atomic mass is 10.3. The maximum absolute atomic E-state index is 12.1. The second-order valence-corrected chi connectivity index (χ2v) is 5.19. The van der Waals surface area contributed by atoms with Crippen LogP contribution in [0.2, 0.25) is 0 Å². The fourth-order valence-electron chi connectivity index (χ4n) is 1.76. The number of aromatic nitrogens is 4. The van der Waals surface area contributed by atoms with Crippen LogP contribution in [0, 0.1) is 13.8 Å². The van der Waals surface area contributed by atoms with Gasteiger partial charge < -0.3 is 4.52 Å². The molecule has 3 aromatic heterocycles. The van der Waals surface area contributed by atoms with E-state index in [9.17, 15) is 4.79 Å². The van der Waals surface area contributed by atoms with E-state index in [1.165, 1.54) is 10.9 Å². The summed E-state index contributed by atoms with van der Waals surface area (Å²) in [4.78, 5) is 20.5. The number of rotatable bonds is 3. The van der Waals surface area contributed by atoms with Crippen LogP contribution in [0.25, 0.3) is 11.4 Å². The Kier molecular flexibility index (Phi) is 3.19. The molecule has 0 aromatic carbocycles. The average molecular weight is 288 g/mol. The topological polar surface area (TPSA) is 73.8 Å². The quantitative estimate of drug-likeness (QED) is 0.737. The molecule has 0 radical (unpaired) electrons. The van der Waals surface area contributed by atoms with Gasteiger partial charge in [0.15, 0.2) is 0 Å². The summed E-state index contributed by atoms with van der Waals surface area (Å²) in [6, 6.07) is 1.92. The summed E-state index contributed by atoms with van der Waals surface area (Å²) < 4.78 is 6.64. The number of thiophene rings is 1. The molecule has 0 aliphatic carbocycles. The van der Waals surface area contributed by atoms with E-state index < -0.39 is 0 Å². The SMILES string of the molecule is Cc1ncn(Cc2nc(-c3ccsc3)no2)c(=O)c1C. The largest absolute Gasteiger partial charge is 0.337 e. The number of hydrogen-bond donors (Lipinski definition) is 0. The van der Waals surface area contributed by atoms with Crippen LogP contribution in [-0.4, -0.2) is 19.7 Å². The summed E-state index contributed by atoms with van der Waals surface area (Å²) in [5, 5.41) is 7.80. The molecule has 6 nitrogen and oxygen atoms in total. The Bertz CT molecular complexity index is 789. The van der Waals surface area contributed by atoms with E-state index in [1.807, 2.05) is 23.8 Å². The van der Waals surface area contributed by atoms with Gasteiger partial charge in [-0.05, 0) is 25.3 Å². The van der Waals surface area contributed by atoms with Crippen LogP contribution in [0.3, 0.4) is 0 Å². The van der Waals surface area contributed by atoms with Crippen LogP contribution < -0.4 is 5.56 Å². The van der Waals surface area contributed by atoms with Crippen LogP contribution in [0.1, 0.15) is 17.1 Å². The van der Waals surface area contributed by atoms with Gasteiger partial charge in [0.1, 0.15) is 6.54 Å². The molecule has 7 heteroatoms. The highest BCUT2D eigenvalue weighted by molar-refractivity contribution is 7.08. The second-order valence-electron chi connectivity index (χ2n) is 4.41. The molecule has 0 aliphatic rings. The van der Waals surface area contributed by atoms with Gasteiger partial charge in [-0.15, -0.1) is 0 Å². The predicted octanol–water partition coefficient (Wildman–Crippen LogP) is 2.02. The molecule has 0 amide bonds. The molecule has 0 saturated heterocycles. The van der Waals surface area contributed by atoms with Crippen molar-refractivity contribution in [2.75, 3.05) is 0 Å². The van der Waals surface area contributed by atoms with E-state index in [0.29, 0.717) is 17.3 Å². The molecule has 0 saturated carbocycles. The molecular weight excluding hydrogens is 276 g/mol. The monoisotopic (exact) mass is 288 g/mol. The van der Waals surface area contributed by atoms with Gasteiger partial charge in [-0.3, -0.25) is 9.36 Å². The first-order valence-electron chi connectivity index (χ1n) is 6.03. The Morgan fingerprint density at radius 2 is 2.25 bits per heavy atom. The van der Waals surface area contributed by atoms with Gasteiger partial charge in [0.25, 0.3) is 5.56 Å². The standard InChI is InChI=1S/C13H12N4O2S/c1-8-9(2)14-7-17(13(8)18)5-11-15-12(16-19-11)10-3-4-20-6-10/h3-4,6-7H,5H2,1-2H3. The van der Waals surface area contributed by atoms with Crippen LogP contribution in [0.15, 0.2) is 32.5 Å². The van der Waals surface area contributed by atoms with Crippen molar-refractivity contribution in [3.63, 3.8) is 0 Å².